The molecule has 0 atom stereocenters. The molecule has 0 saturated carbocycles. The van der Waals surface area contributed by atoms with Gasteiger partial charge in [-0.1, -0.05) is 285 Å². The molecule has 2 spiro atoms. The lowest BCUT2D eigenvalue weighted by Gasteiger charge is -2.48. The molecule has 0 fully saturated rings. The third-order valence-electron chi connectivity index (χ3n) is 18.8. The van der Waals surface area contributed by atoms with Crippen molar-refractivity contribution in [3.63, 3.8) is 0 Å². The van der Waals surface area contributed by atoms with Gasteiger partial charge in [-0.05, 0) is 159 Å². The molecule has 0 radical (unpaired) electrons. The summed E-state index contributed by atoms with van der Waals surface area (Å²) in [6.07, 6.45) is 0. The number of hydrogen-bond donors (Lipinski definition) is 0. The van der Waals surface area contributed by atoms with E-state index < -0.39 is 16.2 Å². The first-order valence-electron chi connectivity index (χ1n) is 28.7. The molecule has 4 aliphatic carbocycles. The van der Waals surface area contributed by atoms with Gasteiger partial charge in [-0.3, -0.25) is 0 Å². The van der Waals surface area contributed by atoms with E-state index >= 15 is 0 Å². The average molecular weight is 1040 g/mol. The summed E-state index contributed by atoms with van der Waals surface area (Å²) in [6, 6.07) is 121. The Kier molecular flexibility index (Phi) is 10.1. The number of rotatable bonds is 7. The van der Waals surface area contributed by atoms with Gasteiger partial charge in [0.15, 0.2) is 0 Å². The van der Waals surface area contributed by atoms with Crippen LogP contribution in [-0.4, -0.2) is 0 Å². The van der Waals surface area contributed by atoms with Crippen LogP contribution in [0.2, 0.25) is 0 Å². The second-order valence-electron chi connectivity index (χ2n) is 22.5. The topological polar surface area (TPSA) is 3.24 Å². The van der Waals surface area contributed by atoms with E-state index in [9.17, 15) is 0 Å². The first kappa shape index (κ1) is 46.6. The molecule has 0 bridgehead atoms. The molecular formula is C81H53N. The number of nitrogens with zero attached hydrogens (tertiary/aromatic N) is 1. The fraction of sp³-hybridized carbons (Fsp3) is 0.0370. The Bertz CT molecular complexity index is 4550. The van der Waals surface area contributed by atoms with E-state index in [0.717, 1.165) is 17.1 Å². The molecule has 13 aromatic carbocycles. The van der Waals surface area contributed by atoms with Gasteiger partial charge < -0.3 is 4.90 Å². The van der Waals surface area contributed by atoms with Crippen LogP contribution in [0.15, 0.2) is 322 Å². The SMILES string of the molecule is c1ccc(-c2cccc(N(c3ccc(-c4cccc5c4-c4ccccc4C54c5ccccc5C5(c6ccccc6-c6ccccc65)c5ccccc54)cc3)c3ccc4c(c3)C(c3ccccc3)(c3ccccc3)c3ccccc3-4)c2)cc1. The largest absolute Gasteiger partial charge is 0.310 e. The minimum Gasteiger partial charge on any atom is -0.310 e. The Hall–Kier alpha value is -10.3. The molecular weight excluding hydrogens is 987 g/mol. The van der Waals surface area contributed by atoms with Crippen LogP contribution in [0, 0.1) is 0 Å². The first-order valence-corrected chi connectivity index (χ1v) is 28.7. The number of fused-ring (bicyclic) bond motifs is 19. The molecule has 17 rings (SSSR count). The minimum absolute atomic E-state index is 0.489. The zero-order chi connectivity index (χ0) is 54.0. The molecule has 13 aromatic rings. The smallest absolute Gasteiger partial charge is 0.0720 e. The molecule has 0 saturated heterocycles. The van der Waals surface area contributed by atoms with E-state index in [1.165, 1.54) is 122 Å². The van der Waals surface area contributed by atoms with E-state index in [1.54, 1.807) is 0 Å². The monoisotopic (exact) mass is 1040 g/mol. The predicted octanol–water partition coefficient (Wildman–Crippen LogP) is 19.9. The van der Waals surface area contributed by atoms with E-state index in [0.29, 0.717) is 0 Å². The molecule has 0 heterocycles. The van der Waals surface area contributed by atoms with Crippen LogP contribution in [0.4, 0.5) is 17.1 Å². The Morgan fingerprint density at radius 2 is 0.549 bits per heavy atom. The van der Waals surface area contributed by atoms with E-state index in [2.05, 4.69) is 326 Å². The van der Waals surface area contributed by atoms with E-state index in [4.69, 9.17) is 0 Å². The highest BCUT2D eigenvalue weighted by molar-refractivity contribution is 5.99. The molecule has 1 nitrogen and oxygen atoms in total. The first-order chi connectivity index (χ1) is 40.7. The maximum absolute atomic E-state index is 2.48. The van der Waals surface area contributed by atoms with Gasteiger partial charge in [-0.25, -0.2) is 0 Å². The van der Waals surface area contributed by atoms with Crippen molar-refractivity contribution in [3.05, 3.63) is 388 Å². The Morgan fingerprint density at radius 1 is 0.183 bits per heavy atom. The molecule has 1 heteroatoms. The Labute approximate surface area is 479 Å². The number of anilines is 3. The summed E-state index contributed by atoms with van der Waals surface area (Å²) in [4.78, 5) is 2.46. The molecule has 382 valence electrons. The molecule has 0 N–H and O–H groups in total. The molecule has 0 aliphatic heterocycles. The van der Waals surface area contributed by atoms with Gasteiger partial charge in [-0.15, -0.1) is 0 Å². The van der Waals surface area contributed by atoms with Crippen LogP contribution in [-0.2, 0) is 16.2 Å². The highest BCUT2D eigenvalue weighted by Crippen LogP contribution is 2.68. The lowest BCUT2D eigenvalue weighted by atomic mass is 9.52. The van der Waals surface area contributed by atoms with E-state index in [-0.39, 0.29) is 0 Å². The summed E-state index contributed by atoms with van der Waals surface area (Å²) >= 11 is 0. The van der Waals surface area contributed by atoms with Crippen molar-refractivity contribution in [1.29, 1.82) is 0 Å². The van der Waals surface area contributed by atoms with Gasteiger partial charge in [0.25, 0.3) is 0 Å². The zero-order valence-electron chi connectivity index (χ0n) is 45.0. The highest BCUT2D eigenvalue weighted by atomic mass is 15.1. The van der Waals surface area contributed by atoms with Gasteiger partial charge in [-0.2, -0.15) is 0 Å². The Morgan fingerprint density at radius 3 is 1.10 bits per heavy atom. The van der Waals surface area contributed by atoms with Crippen molar-refractivity contribution in [2.45, 2.75) is 16.2 Å². The second kappa shape index (κ2) is 17.8. The fourth-order valence-electron chi connectivity index (χ4n) is 15.8. The van der Waals surface area contributed by atoms with Gasteiger partial charge in [0.2, 0.25) is 0 Å². The second-order valence-corrected chi connectivity index (χ2v) is 22.5. The fourth-order valence-corrected chi connectivity index (χ4v) is 15.8. The summed E-state index contributed by atoms with van der Waals surface area (Å²) in [6.45, 7) is 0. The van der Waals surface area contributed by atoms with Crippen LogP contribution in [0.25, 0.3) is 55.6 Å². The van der Waals surface area contributed by atoms with E-state index in [1.807, 2.05) is 0 Å². The number of hydrogen-bond acceptors (Lipinski definition) is 1. The summed E-state index contributed by atoms with van der Waals surface area (Å²) in [5, 5.41) is 0. The van der Waals surface area contributed by atoms with Gasteiger partial charge in [0.1, 0.15) is 0 Å². The van der Waals surface area contributed by atoms with Gasteiger partial charge in [0, 0.05) is 17.1 Å². The maximum Gasteiger partial charge on any atom is 0.0720 e. The quantitative estimate of drug-likeness (QED) is 0.154. The Balaban J connectivity index is 0.858. The van der Waals surface area contributed by atoms with Gasteiger partial charge in [0.05, 0.1) is 16.2 Å². The summed E-state index contributed by atoms with van der Waals surface area (Å²) in [5.74, 6) is 0. The predicted molar refractivity (Wildman–Crippen MR) is 337 cm³/mol. The zero-order valence-corrected chi connectivity index (χ0v) is 45.0. The molecule has 0 unspecified atom stereocenters. The highest BCUT2D eigenvalue weighted by Gasteiger charge is 2.59. The van der Waals surface area contributed by atoms with Crippen molar-refractivity contribution in [3.8, 4) is 55.6 Å². The van der Waals surface area contributed by atoms with Crippen molar-refractivity contribution in [2.75, 3.05) is 4.90 Å². The number of benzene rings is 13. The molecule has 4 aliphatic rings. The van der Waals surface area contributed by atoms with Crippen LogP contribution < -0.4 is 4.90 Å². The summed E-state index contributed by atoms with van der Waals surface area (Å²) in [7, 11) is 0. The van der Waals surface area contributed by atoms with Gasteiger partial charge >= 0.3 is 0 Å². The lowest BCUT2D eigenvalue weighted by molar-refractivity contribution is 0.633. The van der Waals surface area contributed by atoms with Crippen LogP contribution in [0.5, 0.6) is 0 Å². The average Bonchev–Trinajstić information content (AvgIpc) is 1.60. The van der Waals surface area contributed by atoms with Crippen LogP contribution in [0.1, 0.15) is 66.8 Å². The normalized spacial score (nSPS) is 14.4. The molecule has 82 heavy (non-hydrogen) atoms. The van der Waals surface area contributed by atoms with Crippen molar-refractivity contribution >= 4 is 17.1 Å². The third kappa shape index (κ3) is 6.17. The van der Waals surface area contributed by atoms with Crippen molar-refractivity contribution in [1.82, 2.24) is 0 Å². The van der Waals surface area contributed by atoms with Crippen molar-refractivity contribution in [2.24, 2.45) is 0 Å². The summed E-state index contributed by atoms with van der Waals surface area (Å²) in [5.41, 5.74) is 29.9. The standard InChI is InChI=1S/C81H53N/c1-4-24-54(25-5-1)56-26-22-31-60(52-56)82(61-50-51-66-65-34-10-14-37-68(65)79(77(66)53-61,57-27-6-2-7-28-57)58-29-8-3-9-30-58)59-48-46-55(47-49-59)62-36-23-45-76-78(62)67-35-13-17-40-71(67)81(76)74-43-20-18-41-72(74)80(73-42-19-21-44-75(73)81)69-38-15-11-32-63(69)64-33-12-16-39-70(64)80/h1-53H. The van der Waals surface area contributed by atoms with Crippen LogP contribution in [0.3, 0.4) is 0 Å². The lowest BCUT2D eigenvalue weighted by Crippen LogP contribution is -2.43. The summed E-state index contributed by atoms with van der Waals surface area (Å²) < 4.78 is 0. The van der Waals surface area contributed by atoms with Crippen molar-refractivity contribution < 1.29 is 0 Å². The molecule has 0 amide bonds. The minimum atomic E-state index is -0.574. The third-order valence-corrected chi connectivity index (χ3v) is 18.8. The van der Waals surface area contributed by atoms with Crippen LogP contribution >= 0.6 is 0 Å². The molecule has 0 aromatic heterocycles. The maximum atomic E-state index is 2.48.